The summed E-state index contributed by atoms with van der Waals surface area (Å²) in [6.07, 6.45) is 4.29. The van der Waals surface area contributed by atoms with Gasteiger partial charge in [0, 0.05) is 31.8 Å². The third-order valence-corrected chi connectivity index (χ3v) is 9.30. The molecule has 294 valence electrons. The maximum atomic E-state index is 13.7. The summed E-state index contributed by atoms with van der Waals surface area (Å²) >= 11 is 0. The van der Waals surface area contributed by atoms with Gasteiger partial charge < -0.3 is 51.8 Å². The number of H-pyrrole nitrogens is 1. The van der Waals surface area contributed by atoms with E-state index in [-0.39, 0.29) is 31.2 Å². The second-order valence-corrected chi connectivity index (χ2v) is 15.1. The molecule has 1 aromatic heterocycles. The molecule has 0 radical (unpaired) electrons. The van der Waals surface area contributed by atoms with Crippen molar-refractivity contribution >= 4 is 43.0 Å². The van der Waals surface area contributed by atoms with Crippen LogP contribution in [0.3, 0.4) is 0 Å². The third-order valence-electron chi connectivity index (χ3n) is 8.25. The minimum atomic E-state index is -4.59. The summed E-state index contributed by atoms with van der Waals surface area (Å²) in [5, 5.41) is 19.8. The van der Waals surface area contributed by atoms with E-state index in [1.165, 1.54) is 36.8 Å². The SMILES string of the molecule is CC(=O)N(CCCCc1ccccc1)CC(=O)N[C@H](CC(C)C)C(=O)N[C@H](Cc1cnc[nH]1)C(=O)N[C@H](CO)C(=O)N[C@@H](C(N)=O)[C@@H](C)CP(=O)(O)O. The lowest BCUT2D eigenvalue weighted by Gasteiger charge is -2.27. The second-order valence-electron chi connectivity index (χ2n) is 13.4. The van der Waals surface area contributed by atoms with Gasteiger partial charge in [-0.3, -0.25) is 33.3 Å². The first kappa shape index (κ1) is 44.5. The van der Waals surface area contributed by atoms with Gasteiger partial charge in [0.25, 0.3) is 0 Å². The minimum Gasteiger partial charge on any atom is -0.394 e. The van der Waals surface area contributed by atoms with Crippen LogP contribution < -0.4 is 27.0 Å². The number of nitrogens with one attached hydrogen (secondary N) is 5. The van der Waals surface area contributed by atoms with Crippen LogP contribution in [0.4, 0.5) is 0 Å². The molecule has 0 unspecified atom stereocenters. The standard InChI is InChI=1S/C34H53N8O10P/c1-21(2)14-26(38-29(45)17-42(23(4)44)13-9-8-12-24-10-6-5-7-11-24)32(47)39-27(15-25-16-36-20-37-25)33(48)40-28(18-43)34(49)41-30(31(35)46)22(3)19-53(50,51)52/h5-7,10-11,16,20-22,26-28,30,43H,8-9,12-15,17-19H2,1-4H3,(H2,35,46)(H,36,37)(H,38,45)(H,39,47)(H,40,48)(H,41,49)(H2,50,51,52)/t22-,26+,27+,28+,30+/m0/s1. The van der Waals surface area contributed by atoms with E-state index in [1.807, 2.05) is 44.2 Å². The number of aliphatic hydroxyl groups is 1. The number of amides is 6. The van der Waals surface area contributed by atoms with Crippen LogP contribution in [0.2, 0.25) is 0 Å². The highest BCUT2D eigenvalue weighted by atomic mass is 31.2. The van der Waals surface area contributed by atoms with E-state index in [9.17, 15) is 48.2 Å². The molecular weight excluding hydrogens is 711 g/mol. The topological polar surface area (TPSA) is 286 Å². The normalized spacial score (nSPS) is 14.3. The summed E-state index contributed by atoms with van der Waals surface area (Å²) < 4.78 is 11.5. The van der Waals surface area contributed by atoms with Crippen LogP contribution in [-0.4, -0.2) is 115 Å². The molecule has 0 spiro atoms. The van der Waals surface area contributed by atoms with E-state index in [4.69, 9.17) is 5.73 Å². The van der Waals surface area contributed by atoms with Crippen molar-refractivity contribution in [3.8, 4) is 0 Å². The number of aliphatic hydroxyl groups excluding tert-OH is 1. The van der Waals surface area contributed by atoms with Crippen molar-refractivity contribution in [1.29, 1.82) is 0 Å². The Bertz CT molecular complexity index is 1550. The first-order valence-electron chi connectivity index (χ1n) is 17.3. The molecule has 2 rings (SSSR count). The van der Waals surface area contributed by atoms with E-state index >= 15 is 0 Å². The first-order valence-corrected chi connectivity index (χ1v) is 19.1. The average molecular weight is 765 g/mol. The van der Waals surface area contributed by atoms with Crippen LogP contribution in [0.1, 0.15) is 58.2 Å². The zero-order chi connectivity index (χ0) is 39.7. The Balaban J connectivity index is 2.15. The Morgan fingerprint density at radius 2 is 1.53 bits per heavy atom. The van der Waals surface area contributed by atoms with E-state index < -0.39 is 80.0 Å². The van der Waals surface area contributed by atoms with Crippen molar-refractivity contribution in [2.24, 2.45) is 17.6 Å². The number of benzene rings is 1. The van der Waals surface area contributed by atoms with Crippen LogP contribution >= 0.6 is 7.60 Å². The van der Waals surface area contributed by atoms with Crippen molar-refractivity contribution in [2.45, 2.75) is 84.0 Å². The zero-order valence-electron chi connectivity index (χ0n) is 30.5. The van der Waals surface area contributed by atoms with Crippen LogP contribution in [-0.2, 0) is 46.2 Å². The minimum absolute atomic E-state index is 0.0820. The second kappa shape index (κ2) is 21.8. The fourth-order valence-corrected chi connectivity index (χ4v) is 6.49. The Labute approximate surface area is 308 Å². The molecule has 0 aliphatic rings. The lowest BCUT2D eigenvalue weighted by Crippen LogP contribution is -2.60. The summed E-state index contributed by atoms with van der Waals surface area (Å²) in [6, 6.07) is 4.19. The molecule has 0 bridgehead atoms. The fourth-order valence-electron chi connectivity index (χ4n) is 5.53. The number of carbonyl (C=O) groups is 6. The Hall–Kier alpha value is -4.64. The van der Waals surface area contributed by atoms with Gasteiger partial charge in [0.05, 0.1) is 25.6 Å². The molecule has 5 atom stereocenters. The number of hydrogen-bond acceptors (Lipinski definition) is 9. The highest BCUT2D eigenvalue weighted by molar-refractivity contribution is 7.51. The zero-order valence-corrected chi connectivity index (χ0v) is 31.4. The molecule has 1 aromatic carbocycles. The van der Waals surface area contributed by atoms with Gasteiger partial charge in [-0.15, -0.1) is 0 Å². The van der Waals surface area contributed by atoms with Crippen LogP contribution in [0, 0.1) is 11.8 Å². The molecule has 18 nitrogen and oxygen atoms in total. The van der Waals surface area contributed by atoms with Gasteiger partial charge in [0.15, 0.2) is 0 Å². The smallest absolute Gasteiger partial charge is 0.325 e. The number of nitrogens with two attached hydrogens (primary N) is 1. The average Bonchev–Trinajstić information content (AvgIpc) is 3.59. The molecule has 2 aromatic rings. The number of primary amides is 1. The van der Waals surface area contributed by atoms with Crippen molar-refractivity contribution in [2.75, 3.05) is 25.9 Å². The number of imidazole rings is 1. The lowest BCUT2D eigenvalue weighted by molar-refractivity contribution is -0.137. The molecule has 6 amide bonds. The maximum absolute atomic E-state index is 13.7. The largest absolute Gasteiger partial charge is 0.394 e. The molecular formula is C34H53N8O10P. The van der Waals surface area contributed by atoms with Gasteiger partial charge in [-0.2, -0.15) is 0 Å². The molecule has 0 aliphatic carbocycles. The number of aromatic amines is 1. The van der Waals surface area contributed by atoms with Crippen molar-refractivity contribution in [1.82, 2.24) is 36.1 Å². The van der Waals surface area contributed by atoms with E-state index in [0.717, 1.165) is 12.8 Å². The molecule has 0 fully saturated rings. The van der Waals surface area contributed by atoms with Gasteiger partial charge >= 0.3 is 7.60 Å². The van der Waals surface area contributed by atoms with E-state index in [1.54, 1.807) is 0 Å². The lowest BCUT2D eigenvalue weighted by atomic mass is 10.0. The van der Waals surface area contributed by atoms with Gasteiger partial charge in [-0.05, 0) is 43.1 Å². The van der Waals surface area contributed by atoms with Gasteiger partial charge in [-0.25, -0.2) is 4.98 Å². The van der Waals surface area contributed by atoms with E-state index in [2.05, 4.69) is 31.2 Å². The van der Waals surface area contributed by atoms with Crippen LogP contribution in [0.25, 0.3) is 0 Å². The predicted molar refractivity (Wildman–Crippen MR) is 193 cm³/mol. The maximum Gasteiger partial charge on any atom is 0.325 e. The fraction of sp³-hybridized carbons (Fsp3) is 0.559. The van der Waals surface area contributed by atoms with Gasteiger partial charge in [0.1, 0.15) is 24.2 Å². The van der Waals surface area contributed by atoms with Crippen molar-refractivity contribution in [3.63, 3.8) is 0 Å². The molecule has 0 saturated heterocycles. The number of aryl methyl sites for hydroxylation is 1. The number of carbonyl (C=O) groups excluding carboxylic acids is 6. The number of nitrogens with zero attached hydrogens (tertiary/aromatic N) is 2. The number of rotatable bonds is 23. The first-order chi connectivity index (χ1) is 24.9. The summed E-state index contributed by atoms with van der Waals surface area (Å²) in [5.74, 6) is -5.89. The summed E-state index contributed by atoms with van der Waals surface area (Å²) in [7, 11) is -4.59. The summed E-state index contributed by atoms with van der Waals surface area (Å²) in [4.78, 5) is 105. The number of unbranched alkanes of at least 4 members (excludes halogenated alkanes) is 1. The van der Waals surface area contributed by atoms with Gasteiger partial charge in [-0.1, -0.05) is 51.1 Å². The Morgan fingerprint density at radius 3 is 2.08 bits per heavy atom. The van der Waals surface area contributed by atoms with Gasteiger partial charge in [0.2, 0.25) is 35.4 Å². The van der Waals surface area contributed by atoms with E-state index in [0.29, 0.717) is 18.7 Å². The van der Waals surface area contributed by atoms with Crippen LogP contribution in [0.5, 0.6) is 0 Å². The summed E-state index contributed by atoms with van der Waals surface area (Å²) in [6.45, 7) is 5.41. The Morgan fingerprint density at radius 1 is 0.906 bits per heavy atom. The third kappa shape index (κ3) is 16.7. The highest BCUT2D eigenvalue weighted by Gasteiger charge is 2.34. The molecule has 10 N–H and O–H groups in total. The number of aromatic nitrogens is 2. The summed E-state index contributed by atoms with van der Waals surface area (Å²) in [5.41, 5.74) is 6.94. The molecule has 0 saturated carbocycles. The molecule has 53 heavy (non-hydrogen) atoms. The quantitative estimate of drug-likeness (QED) is 0.0494. The van der Waals surface area contributed by atoms with Crippen molar-refractivity contribution < 1.29 is 48.2 Å². The molecule has 1 heterocycles. The Kier molecular flexibility index (Phi) is 18.3. The number of hydrogen-bond donors (Lipinski definition) is 9. The molecule has 19 heteroatoms. The van der Waals surface area contributed by atoms with Crippen molar-refractivity contribution in [3.05, 3.63) is 54.1 Å². The predicted octanol–water partition coefficient (Wildman–Crippen LogP) is -0.900. The highest BCUT2D eigenvalue weighted by Crippen LogP contribution is 2.37. The van der Waals surface area contributed by atoms with Crippen LogP contribution in [0.15, 0.2) is 42.9 Å². The monoisotopic (exact) mass is 764 g/mol. The molecule has 0 aliphatic heterocycles.